The van der Waals surface area contributed by atoms with Crippen LogP contribution in [-0.4, -0.2) is 54.9 Å². The lowest BCUT2D eigenvalue weighted by Gasteiger charge is -2.36. The lowest BCUT2D eigenvalue weighted by Crippen LogP contribution is -2.54. The number of benzene rings is 1. The Hall–Kier alpha value is -2.57. The van der Waals surface area contributed by atoms with Crippen LogP contribution in [0.25, 0.3) is 0 Å². The molecule has 0 aromatic heterocycles. The lowest BCUT2D eigenvalue weighted by atomic mass is 9.87. The SMILES string of the molecule is COc1ccc(C(=O)NC(C(=O)NC2CC2)C2CCN(C(=O)C3CCCC3)CC2)cc1. The van der Waals surface area contributed by atoms with Crippen LogP contribution < -0.4 is 15.4 Å². The third kappa shape index (κ3) is 5.38. The Morgan fingerprint density at radius 1 is 0.968 bits per heavy atom. The minimum Gasteiger partial charge on any atom is -0.497 e. The second-order valence-electron chi connectivity index (χ2n) is 9.11. The Morgan fingerprint density at radius 2 is 1.61 bits per heavy atom. The van der Waals surface area contributed by atoms with Gasteiger partial charge in [0.2, 0.25) is 11.8 Å². The van der Waals surface area contributed by atoms with Gasteiger partial charge in [-0.1, -0.05) is 12.8 Å². The molecule has 1 saturated heterocycles. The molecular weight excluding hydrogens is 394 g/mol. The number of methoxy groups -OCH3 is 1. The molecule has 1 heterocycles. The maximum Gasteiger partial charge on any atom is 0.251 e. The van der Waals surface area contributed by atoms with E-state index < -0.39 is 6.04 Å². The molecule has 2 N–H and O–H groups in total. The normalized spacial score (nSPS) is 20.9. The highest BCUT2D eigenvalue weighted by atomic mass is 16.5. The summed E-state index contributed by atoms with van der Waals surface area (Å²) in [6, 6.07) is 6.53. The van der Waals surface area contributed by atoms with E-state index >= 15 is 0 Å². The Labute approximate surface area is 183 Å². The molecule has 1 aliphatic heterocycles. The smallest absolute Gasteiger partial charge is 0.251 e. The van der Waals surface area contributed by atoms with Gasteiger partial charge in [0, 0.05) is 30.6 Å². The Kier molecular flexibility index (Phi) is 6.78. The van der Waals surface area contributed by atoms with Crippen LogP contribution in [0, 0.1) is 11.8 Å². The lowest BCUT2D eigenvalue weighted by molar-refractivity contribution is -0.137. The number of piperidine rings is 1. The van der Waals surface area contributed by atoms with Crippen molar-refractivity contribution in [3.63, 3.8) is 0 Å². The van der Waals surface area contributed by atoms with Crippen LogP contribution in [0.15, 0.2) is 24.3 Å². The first-order valence-corrected chi connectivity index (χ1v) is 11.6. The van der Waals surface area contributed by atoms with E-state index in [4.69, 9.17) is 4.74 Å². The van der Waals surface area contributed by atoms with E-state index in [9.17, 15) is 14.4 Å². The average molecular weight is 428 g/mol. The van der Waals surface area contributed by atoms with Crippen molar-refractivity contribution in [2.45, 2.75) is 63.5 Å². The van der Waals surface area contributed by atoms with Gasteiger partial charge >= 0.3 is 0 Å². The summed E-state index contributed by atoms with van der Waals surface area (Å²) < 4.78 is 5.15. The first kappa shape index (κ1) is 21.7. The molecule has 0 bridgehead atoms. The topological polar surface area (TPSA) is 87.7 Å². The van der Waals surface area contributed by atoms with Gasteiger partial charge in [-0.2, -0.15) is 0 Å². The first-order valence-electron chi connectivity index (χ1n) is 11.6. The standard InChI is InChI=1S/C24H33N3O4/c1-31-20-10-6-17(7-11-20)22(28)26-21(23(29)25-19-8-9-19)16-12-14-27(15-13-16)24(30)18-4-2-3-5-18/h6-7,10-11,16,18-19,21H,2-5,8-9,12-15H2,1H3,(H,25,29)(H,26,28). The van der Waals surface area contributed by atoms with Crippen molar-refractivity contribution in [3.05, 3.63) is 29.8 Å². The van der Waals surface area contributed by atoms with Crippen LogP contribution in [0.1, 0.15) is 61.7 Å². The van der Waals surface area contributed by atoms with Gasteiger partial charge in [0.25, 0.3) is 5.91 Å². The molecule has 7 heteroatoms. The molecule has 2 saturated carbocycles. The molecule has 3 amide bonds. The predicted molar refractivity (Wildman–Crippen MR) is 117 cm³/mol. The van der Waals surface area contributed by atoms with Gasteiger partial charge in [0.15, 0.2) is 0 Å². The Bertz CT molecular complexity index is 792. The summed E-state index contributed by atoms with van der Waals surface area (Å²) in [6.45, 7) is 1.32. The largest absolute Gasteiger partial charge is 0.497 e. The van der Waals surface area contributed by atoms with Crippen LogP contribution in [-0.2, 0) is 9.59 Å². The third-order valence-electron chi connectivity index (χ3n) is 6.87. The second kappa shape index (κ2) is 9.71. The van der Waals surface area contributed by atoms with Gasteiger partial charge in [0.05, 0.1) is 7.11 Å². The highest BCUT2D eigenvalue weighted by Crippen LogP contribution is 2.29. The highest BCUT2D eigenvalue weighted by molar-refractivity contribution is 5.97. The molecule has 0 radical (unpaired) electrons. The van der Waals surface area contributed by atoms with Crippen LogP contribution in [0.5, 0.6) is 5.75 Å². The summed E-state index contributed by atoms with van der Waals surface area (Å²) in [6.07, 6.45) is 7.75. The molecule has 1 aromatic carbocycles. The molecule has 31 heavy (non-hydrogen) atoms. The van der Waals surface area contributed by atoms with E-state index in [0.717, 1.165) is 51.4 Å². The van der Waals surface area contributed by atoms with Crippen molar-refractivity contribution < 1.29 is 19.1 Å². The van der Waals surface area contributed by atoms with Crippen LogP contribution in [0.3, 0.4) is 0 Å². The molecule has 4 rings (SSSR count). The summed E-state index contributed by atoms with van der Waals surface area (Å²) in [4.78, 5) is 40.5. The quantitative estimate of drug-likeness (QED) is 0.700. The number of carbonyl (C=O) groups is 3. The fourth-order valence-corrected chi connectivity index (χ4v) is 4.77. The summed E-state index contributed by atoms with van der Waals surface area (Å²) in [5.74, 6) is 0.790. The van der Waals surface area contributed by atoms with Crippen molar-refractivity contribution in [2.24, 2.45) is 11.8 Å². The fraction of sp³-hybridized carbons (Fsp3) is 0.625. The van der Waals surface area contributed by atoms with Gasteiger partial charge in [-0.05, 0) is 68.7 Å². The molecule has 1 aromatic rings. The molecule has 7 nitrogen and oxygen atoms in total. The van der Waals surface area contributed by atoms with Gasteiger partial charge in [-0.25, -0.2) is 0 Å². The number of likely N-dealkylation sites (tertiary alicyclic amines) is 1. The molecule has 2 aliphatic carbocycles. The molecule has 3 fully saturated rings. The number of hydrogen-bond acceptors (Lipinski definition) is 4. The molecule has 1 atom stereocenters. The number of ether oxygens (including phenoxy) is 1. The number of hydrogen-bond donors (Lipinski definition) is 2. The number of rotatable bonds is 7. The van der Waals surface area contributed by atoms with Crippen LogP contribution >= 0.6 is 0 Å². The Morgan fingerprint density at radius 3 is 2.19 bits per heavy atom. The highest BCUT2D eigenvalue weighted by Gasteiger charge is 2.37. The summed E-state index contributed by atoms with van der Waals surface area (Å²) in [7, 11) is 1.58. The van der Waals surface area contributed by atoms with E-state index in [1.54, 1.807) is 31.4 Å². The first-order chi connectivity index (χ1) is 15.0. The minimum atomic E-state index is -0.584. The monoisotopic (exact) mass is 427 g/mol. The fourth-order valence-electron chi connectivity index (χ4n) is 4.77. The Balaban J connectivity index is 1.39. The van der Waals surface area contributed by atoms with Crippen molar-refractivity contribution in [3.8, 4) is 5.75 Å². The summed E-state index contributed by atoms with van der Waals surface area (Å²) in [5, 5.41) is 6.03. The number of carbonyl (C=O) groups excluding carboxylic acids is 3. The van der Waals surface area contributed by atoms with Crippen molar-refractivity contribution in [1.82, 2.24) is 15.5 Å². The van der Waals surface area contributed by atoms with E-state index in [1.807, 2.05) is 4.90 Å². The predicted octanol–water partition coefficient (Wildman–Crippen LogP) is 2.50. The molecule has 168 valence electrons. The average Bonchev–Trinajstić information content (AvgIpc) is 3.44. The maximum absolute atomic E-state index is 13.0. The zero-order valence-electron chi connectivity index (χ0n) is 18.3. The number of amides is 3. The van der Waals surface area contributed by atoms with E-state index in [1.165, 1.54) is 0 Å². The maximum atomic E-state index is 13.0. The zero-order chi connectivity index (χ0) is 21.8. The summed E-state index contributed by atoms with van der Waals surface area (Å²) >= 11 is 0. The van der Waals surface area contributed by atoms with Crippen LogP contribution in [0.2, 0.25) is 0 Å². The van der Waals surface area contributed by atoms with Gasteiger partial charge in [0.1, 0.15) is 11.8 Å². The van der Waals surface area contributed by atoms with Gasteiger partial charge < -0.3 is 20.3 Å². The number of nitrogens with zero attached hydrogens (tertiary/aromatic N) is 1. The van der Waals surface area contributed by atoms with Crippen LogP contribution in [0.4, 0.5) is 0 Å². The van der Waals surface area contributed by atoms with E-state index in [2.05, 4.69) is 10.6 Å². The molecule has 0 spiro atoms. The molecule has 3 aliphatic rings. The van der Waals surface area contributed by atoms with Gasteiger partial charge in [-0.15, -0.1) is 0 Å². The number of nitrogens with one attached hydrogen (secondary N) is 2. The minimum absolute atomic E-state index is 0.0218. The van der Waals surface area contributed by atoms with E-state index in [0.29, 0.717) is 24.4 Å². The van der Waals surface area contributed by atoms with Crippen molar-refractivity contribution in [1.29, 1.82) is 0 Å². The van der Waals surface area contributed by atoms with Crippen molar-refractivity contribution in [2.75, 3.05) is 20.2 Å². The summed E-state index contributed by atoms with van der Waals surface area (Å²) in [5.41, 5.74) is 0.499. The third-order valence-corrected chi connectivity index (χ3v) is 6.87. The zero-order valence-corrected chi connectivity index (χ0v) is 18.3. The van der Waals surface area contributed by atoms with E-state index in [-0.39, 0.29) is 35.6 Å². The van der Waals surface area contributed by atoms with Gasteiger partial charge in [-0.3, -0.25) is 14.4 Å². The van der Waals surface area contributed by atoms with Crippen molar-refractivity contribution >= 4 is 17.7 Å². The molecular formula is C24H33N3O4. The molecule has 1 unspecified atom stereocenters. The second-order valence-corrected chi connectivity index (χ2v) is 9.11.